The number of rotatable bonds is 8. The number of carbonyl (C=O) groups is 1. The number of nitrogens with one attached hydrogen (secondary N) is 2. The van der Waals surface area contributed by atoms with Crippen molar-refractivity contribution in [3.05, 3.63) is 29.8 Å². The molecule has 1 amide bonds. The van der Waals surface area contributed by atoms with Crippen LogP contribution in [0.25, 0.3) is 0 Å². The van der Waals surface area contributed by atoms with Crippen molar-refractivity contribution >= 4 is 18.3 Å². The minimum absolute atomic E-state index is 0. The molecule has 2 rings (SSSR count). The Morgan fingerprint density at radius 1 is 1.22 bits per heavy atom. The summed E-state index contributed by atoms with van der Waals surface area (Å²) in [6, 6.07) is 5.64. The molecule has 0 aromatic heterocycles. The monoisotopic (exact) mass is 352 g/mol. The first-order chi connectivity index (χ1) is 10.4. The highest BCUT2D eigenvalue weighted by Gasteiger charge is 2.30. The van der Waals surface area contributed by atoms with E-state index in [9.17, 15) is 18.0 Å². The fraction of sp³-hybridized carbons (Fsp3) is 0.533. The SMILES string of the molecule is Cl.O=C(CNCC1CC1)NCCc1ccc(OC(F)(F)F)cc1. The molecular formula is C15H20ClF3N2O2. The minimum atomic E-state index is -4.68. The van der Waals surface area contributed by atoms with Crippen molar-refractivity contribution in [2.45, 2.75) is 25.6 Å². The second kappa shape index (κ2) is 8.98. The van der Waals surface area contributed by atoms with Crippen LogP contribution in [0.15, 0.2) is 24.3 Å². The molecule has 0 saturated heterocycles. The highest BCUT2D eigenvalue weighted by Crippen LogP contribution is 2.27. The van der Waals surface area contributed by atoms with Crippen molar-refractivity contribution in [2.75, 3.05) is 19.6 Å². The summed E-state index contributed by atoms with van der Waals surface area (Å²) in [7, 11) is 0. The van der Waals surface area contributed by atoms with E-state index in [1.54, 1.807) is 12.1 Å². The molecule has 0 heterocycles. The number of benzene rings is 1. The lowest BCUT2D eigenvalue weighted by Crippen LogP contribution is -2.35. The lowest BCUT2D eigenvalue weighted by molar-refractivity contribution is -0.274. The maximum Gasteiger partial charge on any atom is 0.573 e. The summed E-state index contributed by atoms with van der Waals surface area (Å²) < 4.78 is 39.8. The van der Waals surface area contributed by atoms with Gasteiger partial charge in [0.25, 0.3) is 0 Å². The van der Waals surface area contributed by atoms with E-state index < -0.39 is 6.36 Å². The van der Waals surface area contributed by atoms with Gasteiger partial charge in [0.2, 0.25) is 5.91 Å². The van der Waals surface area contributed by atoms with Gasteiger partial charge in [-0.3, -0.25) is 4.79 Å². The van der Waals surface area contributed by atoms with Crippen molar-refractivity contribution < 1.29 is 22.7 Å². The van der Waals surface area contributed by atoms with Crippen LogP contribution in [-0.4, -0.2) is 31.9 Å². The van der Waals surface area contributed by atoms with Crippen LogP contribution in [0, 0.1) is 5.92 Å². The predicted octanol–water partition coefficient (Wildman–Crippen LogP) is 2.67. The molecule has 1 aromatic rings. The van der Waals surface area contributed by atoms with Gasteiger partial charge in [-0.15, -0.1) is 25.6 Å². The van der Waals surface area contributed by atoms with Crippen molar-refractivity contribution in [3.8, 4) is 5.75 Å². The van der Waals surface area contributed by atoms with E-state index in [1.807, 2.05) is 0 Å². The van der Waals surface area contributed by atoms with Gasteiger partial charge in [0, 0.05) is 6.54 Å². The van der Waals surface area contributed by atoms with Gasteiger partial charge < -0.3 is 15.4 Å². The zero-order chi connectivity index (χ0) is 16.0. The van der Waals surface area contributed by atoms with Crippen molar-refractivity contribution in [3.63, 3.8) is 0 Å². The maximum atomic E-state index is 12.0. The molecule has 130 valence electrons. The van der Waals surface area contributed by atoms with Gasteiger partial charge in [0.1, 0.15) is 5.75 Å². The number of amides is 1. The Hall–Kier alpha value is -1.47. The van der Waals surface area contributed by atoms with Crippen molar-refractivity contribution in [1.82, 2.24) is 10.6 Å². The zero-order valence-electron chi connectivity index (χ0n) is 12.5. The molecule has 1 fully saturated rings. The molecule has 1 aromatic carbocycles. The lowest BCUT2D eigenvalue weighted by Gasteiger charge is -2.09. The van der Waals surface area contributed by atoms with E-state index >= 15 is 0 Å². The number of hydrogen-bond donors (Lipinski definition) is 2. The van der Waals surface area contributed by atoms with Gasteiger partial charge in [-0.1, -0.05) is 12.1 Å². The fourth-order valence-electron chi connectivity index (χ4n) is 1.98. The largest absolute Gasteiger partial charge is 0.573 e. The van der Waals surface area contributed by atoms with Crippen LogP contribution in [0.2, 0.25) is 0 Å². The third kappa shape index (κ3) is 8.66. The van der Waals surface area contributed by atoms with Crippen molar-refractivity contribution in [2.24, 2.45) is 5.92 Å². The van der Waals surface area contributed by atoms with Crippen LogP contribution in [-0.2, 0) is 11.2 Å². The first kappa shape index (κ1) is 19.6. The normalized spacial score (nSPS) is 14.0. The summed E-state index contributed by atoms with van der Waals surface area (Å²) >= 11 is 0. The summed E-state index contributed by atoms with van der Waals surface area (Å²) in [5.74, 6) is 0.410. The van der Waals surface area contributed by atoms with Gasteiger partial charge >= 0.3 is 6.36 Å². The Labute approximate surface area is 139 Å². The quantitative estimate of drug-likeness (QED) is 0.756. The summed E-state index contributed by atoms with van der Waals surface area (Å²) in [4.78, 5) is 11.5. The number of carbonyl (C=O) groups excluding carboxylic acids is 1. The highest BCUT2D eigenvalue weighted by atomic mass is 35.5. The fourth-order valence-corrected chi connectivity index (χ4v) is 1.98. The topological polar surface area (TPSA) is 50.4 Å². The Balaban J connectivity index is 0.00000264. The van der Waals surface area contributed by atoms with E-state index in [1.165, 1.54) is 25.0 Å². The number of ether oxygens (including phenoxy) is 1. The Morgan fingerprint density at radius 3 is 2.43 bits per heavy atom. The van der Waals surface area contributed by atoms with Gasteiger partial charge in [-0.2, -0.15) is 0 Å². The Bertz CT molecular complexity index is 490. The third-order valence-electron chi connectivity index (χ3n) is 3.31. The molecule has 0 spiro atoms. The van der Waals surface area contributed by atoms with E-state index in [-0.39, 0.29) is 24.1 Å². The minimum Gasteiger partial charge on any atom is -0.406 e. The summed E-state index contributed by atoms with van der Waals surface area (Å²) in [6.07, 6.45) is -1.64. The van der Waals surface area contributed by atoms with Crippen LogP contribution in [0.3, 0.4) is 0 Å². The van der Waals surface area contributed by atoms with Crippen LogP contribution in [0.1, 0.15) is 18.4 Å². The number of halogens is 4. The molecule has 1 aliphatic rings. The second-order valence-corrected chi connectivity index (χ2v) is 5.37. The molecule has 0 bridgehead atoms. The third-order valence-corrected chi connectivity index (χ3v) is 3.31. The summed E-state index contributed by atoms with van der Waals surface area (Å²) in [6.45, 7) is 1.63. The molecule has 8 heteroatoms. The predicted molar refractivity (Wildman–Crippen MR) is 82.7 cm³/mol. The zero-order valence-corrected chi connectivity index (χ0v) is 13.3. The van der Waals surface area contributed by atoms with Crippen molar-refractivity contribution in [1.29, 1.82) is 0 Å². The molecule has 4 nitrogen and oxygen atoms in total. The van der Waals surface area contributed by atoms with Crippen LogP contribution in [0.5, 0.6) is 5.75 Å². The van der Waals surface area contributed by atoms with Crippen LogP contribution in [0.4, 0.5) is 13.2 Å². The molecule has 0 aliphatic heterocycles. The summed E-state index contributed by atoms with van der Waals surface area (Å²) in [5.41, 5.74) is 0.834. The molecule has 2 N–H and O–H groups in total. The first-order valence-corrected chi connectivity index (χ1v) is 7.24. The average Bonchev–Trinajstić information content (AvgIpc) is 3.23. The molecule has 0 atom stereocenters. The van der Waals surface area contributed by atoms with E-state index in [0.717, 1.165) is 18.0 Å². The first-order valence-electron chi connectivity index (χ1n) is 7.24. The van der Waals surface area contributed by atoms with Gasteiger partial charge in [-0.05, 0) is 49.4 Å². The second-order valence-electron chi connectivity index (χ2n) is 5.37. The molecule has 0 radical (unpaired) electrons. The highest BCUT2D eigenvalue weighted by molar-refractivity contribution is 5.85. The molecular weight excluding hydrogens is 333 g/mol. The standard InChI is InChI=1S/C15H19F3N2O2.ClH/c16-15(17,18)22-13-5-3-11(4-6-13)7-8-20-14(21)10-19-9-12-1-2-12;/h3-6,12,19H,1-2,7-10H2,(H,20,21);1H. The number of alkyl halides is 3. The Morgan fingerprint density at radius 2 is 1.87 bits per heavy atom. The lowest BCUT2D eigenvalue weighted by atomic mass is 10.1. The van der Waals surface area contributed by atoms with E-state index in [0.29, 0.717) is 19.5 Å². The average molecular weight is 353 g/mol. The summed E-state index contributed by atoms with van der Waals surface area (Å²) in [5, 5.41) is 5.86. The van der Waals surface area contributed by atoms with E-state index in [4.69, 9.17) is 0 Å². The van der Waals surface area contributed by atoms with Gasteiger partial charge in [0.05, 0.1) is 6.54 Å². The van der Waals surface area contributed by atoms with Gasteiger partial charge in [-0.25, -0.2) is 0 Å². The Kier molecular flexibility index (Phi) is 7.64. The van der Waals surface area contributed by atoms with Crippen LogP contribution < -0.4 is 15.4 Å². The smallest absolute Gasteiger partial charge is 0.406 e. The molecule has 1 saturated carbocycles. The van der Waals surface area contributed by atoms with Gasteiger partial charge in [0.15, 0.2) is 0 Å². The molecule has 23 heavy (non-hydrogen) atoms. The molecule has 0 unspecified atom stereocenters. The molecule has 1 aliphatic carbocycles. The number of hydrogen-bond acceptors (Lipinski definition) is 3. The van der Waals surface area contributed by atoms with E-state index in [2.05, 4.69) is 15.4 Å². The van der Waals surface area contributed by atoms with Crippen LogP contribution >= 0.6 is 12.4 Å². The maximum absolute atomic E-state index is 12.0.